The van der Waals surface area contributed by atoms with Gasteiger partial charge in [0.15, 0.2) is 0 Å². The predicted octanol–water partition coefficient (Wildman–Crippen LogP) is -0.706. The van der Waals surface area contributed by atoms with Crippen molar-refractivity contribution in [3.8, 4) is 0 Å². The smallest absolute Gasteiger partial charge is 0.410 e. The van der Waals surface area contributed by atoms with Gasteiger partial charge in [0.05, 0.1) is 19.8 Å². The molecule has 136 valence electrons. The Morgan fingerprint density at radius 3 is 2.76 bits per heavy atom. The molecule has 10 heteroatoms. The second-order valence-electron chi connectivity index (χ2n) is 5.67. The minimum Gasteiger partial charge on any atom is -0.448 e. The van der Waals surface area contributed by atoms with E-state index in [9.17, 15) is 9.59 Å². The molecule has 3 heterocycles. The Balaban J connectivity index is 1.38. The lowest BCUT2D eigenvalue weighted by Gasteiger charge is -2.27. The Labute approximate surface area is 145 Å². The van der Waals surface area contributed by atoms with Crippen molar-refractivity contribution in [2.24, 2.45) is 0 Å². The molecule has 1 aromatic rings. The molecule has 2 aliphatic rings. The number of morpholine rings is 1. The molecule has 0 atom stereocenters. The van der Waals surface area contributed by atoms with E-state index in [2.05, 4.69) is 25.5 Å². The largest absolute Gasteiger partial charge is 0.448 e. The van der Waals surface area contributed by atoms with E-state index in [-0.39, 0.29) is 12.5 Å². The van der Waals surface area contributed by atoms with Crippen molar-refractivity contribution in [3.63, 3.8) is 0 Å². The average molecular weight is 350 g/mol. The van der Waals surface area contributed by atoms with Crippen molar-refractivity contribution >= 4 is 23.6 Å². The van der Waals surface area contributed by atoms with Gasteiger partial charge in [-0.1, -0.05) is 0 Å². The van der Waals surface area contributed by atoms with Crippen LogP contribution in [-0.2, 0) is 14.3 Å². The minimum atomic E-state index is -0.440. The van der Waals surface area contributed by atoms with E-state index in [0.29, 0.717) is 45.3 Å². The molecule has 0 saturated carbocycles. The fourth-order valence-electron chi connectivity index (χ4n) is 2.60. The molecule has 0 aromatic carbocycles. The van der Waals surface area contributed by atoms with Crippen LogP contribution in [0.15, 0.2) is 12.4 Å². The van der Waals surface area contributed by atoms with E-state index in [1.165, 1.54) is 11.2 Å². The first kappa shape index (κ1) is 17.2. The topological polar surface area (TPSA) is 109 Å². The van der Waals surface area contributed by atoms with Crippen molar-refractivity contribution in [1.82, 2.24) is 20.2 Å². The van der Waals surface area contributed by atoms with Crippen molar-refractivity contribution in [2.45, 2.75) is 0 Å². The first-order valence-corrected chi connectivity index (χ1v) is 8.29. The molecular formula is C15H22N6O4. The maximum atomic E-state index is 11.8. The number of nitrogens with zero attached hydrogens (tertiary/aromatic N) is 4. The minimum absolute atomic E-state index is 0.0213. The molecule has 2 N–H and O–H groups in total. The van der Waals surface area contributed by atoms with Crippen molar-refractivity contribution in [3.05, 3.63) is 12.4 Å². The molecular weight excluding hydrogens is 328 g/mol. The third-order valence-corrected chi connectivity index (χ3v) is 3.92. The molecule has 25 heavy (non-hydrogen) atoms. The zero-order valence-electron chi connectivity index (χ0n) is 13.9. The Bertz CT molecular complexity index is 607. The van der Waals surface area contributed by atoms with E-state index in [0.717, 1.165) is 18.9 Å². The molecule has 1 aromatic heterocycles. The summed E-state index contributed by atoms with van der Waals surface area (Å²) in [5, 5.41) is 5.91. The predicted molar refractivity (Wildman–Crippen MR) is 89.5 cm³/mol. The molecule has 2 amide bonds. The van der Waals surface area contributed by atoms with Gasteiger partial charge in [-0.25, -0.2) is 14.8 Å². The van der Waals surface area contributed by atoms with Gasteiger partial charge in [0.1, 0.15) is 31.1 Å². The van der Waals surface area contributed by atoms with Crippen LogP contribution in [0, 0.1) is 0 Å². The van der Waals surface area contributed by atoms with E-state index in [4.69, 9.17) is 9.47 Å². The lowest BCUT2D eigenvalue weighted by atomic mass is 10.4. The zero-order valence-corrected chi connectivity index (χ0v) is 13.9. The summed E-state index contributed by atoms with van der Waals surface area (Å²) in [7, 11) is 0. The fourth-order valence-corrected chi connectivity index (χ4v) is 2.60. The van der Waals surface area contributed by atoms with Crippen LogP contribution in [0.3, 0.4) is 0 Å². The molecule has 2 aliphatic heterocycles. The van der Waals surface area contributed by atoms with Crippen LogP contribution in [0.1, 0.15) is 0 Å². The van der Waals surface area contributed by atoms with Gasteiger partial charge in [0.25, 0.3) is 0 Å². The Hall–Kier alpha value is -2.62. The highest BCUT2D eigenvalue weighted by atomic mass is 16.6. The summed E-state index contributed by atoms with van der Waals surface area (Å²) < 4.78 is 10.1. The summed E-state index contributed by atoms with van der Waals surface area (Å²) in [6.45, 7) is 4.79. The van der Waals surface area contributed by atoms with E-state index in [1.54, 1.807) is 0 Å². The van der Waals surface area contributed by atoms with Crippen LogP contribution >= 0.6 is 0 Å². The monoisotopic (exact) mass is 350 g/mol. The Morgan fingerprint density at radius 2 is 2.00 bits per heavy atom. The lowest BCUT2D eigenvalue weighted by molar-refractivity contribution is -0.121. The van der Waals surface area contributed by atoms with E-state index in [1.807, 2.05) is 6.07 Å². The SMILES string of the molecule is O=C(CN1CCOC1=O)NCCNc1cc(N2CCOCC2)ncn1. The molecule has 0 spiro atoms. The summed E-state index contributed by atoms with van der Waals surface area (Å²) in [5.74, 6) is 1.35. The normalized spacial score (nSPS) is 17.4. The third-order valence-electron chi connectivity index (χ3n) is 3.92. The second-order valence-corrected chi connectivity index (χ2v) is 5.67. The number of carbonyl (C=O) groups is 2. The molecule has 0 aliphatic carbocycles. The third kappa shape index (κ3) is 4.92. The van der Waals surface area contributed by atoms with Crippen LogP contribution < -0.4 is 15.5 Å². The summed E-state index contributed by atoms with van der Waals surface area (Å²) in [4.78, 5) is 35.0. The fraction of sp³-hybridized carbons (Fsp3) is 0.600. The highest BCUT2D eigenvalue weighted by Gasteiger charge is 2.23. The molecule has 0 bridgehead atoms. The standard InChI is InChI=1S/C15H22N6O4/c22-14(10-21-5-8-25-15(21)23)17-2-1-16-12-9-13(19-11-18-12)20-3-6-24-7-4-20/h9,11H,1-8,10H2,(H,17,22)(H,16,18,19). The van der Waals surface area contributed by atoms with Gasteiger partial charge in [0, 0.05) is 32.2 Å². The van der Waals surface area contributed by atoms with Crippen molar-refractivity contribution in [1.29, 1.82) is 0 Å². The molecule has 3 rings (SSSR count). The summed E-state index contributed by atoms with van der Waals surface area (Å²) in [6, 6.07) is 1.88. The van der Waals surface area contributed by atoms with Gasteiger partial charge < -0.3 is 25.0 Å². The van der Waals surface area contributed by atoms with Gasteiger partial charge in [-0.15, -0.1) is 0 Å². The number of rotatable bonds is 7. The number of cyclic esters (lactones) is 1. The maximum Gasteiger partial charge on any atom is 0.410 e. The number of carbonyl (C=O) groups excluding carboxylic acids is 2. The molecule has 0 radical (unpaired) electrons. The maximum absolute atomic E-state index is 11.8. The summed E-state index contributed by atoms with van der Waals surface area (Å²) in [5.41, 5.74) is 0. The van der Waals surface area contributed by atoms with Crippen molar-refractivity contribution < 1.29 is 19.1 Å². The highest BCUT2D eigenvalue weighted by Crippen LogP contribution is 2.15. The number of ether oxygens (including phenoxy) is 2. The van der Waals surface area contributed by atoms with Gasteiger partial charge >= 0.3 is 6.09 Å². The number of nitrogens with one attached hydrogen (secondary N) is 2. The quantitative estimate of drug-likeness (QED) is 0.621. The number of amides is 2. The first-order chi connectivity index (χ1) is 12.2. The first-order valence-electron chi connectivity index (χ1n) is 8.29. The summed E-state index contributed by atoms with van der Waals surface area (Å²) >= 11 is 0. The Morgan fingerprint density at radius 1 is 1.16 bits per heavy atom. The molecule has 2 fully saturated rings. The molecule has 2 saturated heterocycles. The lowest BCUT2D eigenvalue weighted by Crippen LogP contribution is -2.39. The van der Waals surface area contributed by atoms with Gasteiger partial charge in [-0.2, -0.15) is 0 Å². The zero-order chi connectivity index (χ0) is 17.5. The van der Waals surface area contributed by atoms with Crippen LogP contribution in [0.25, 0.3) is 0 Å². The highest BCUT2D eigenvalue weighted by molar-refractivity contribution is 5.82. The van der Waals surface area contributed by atoms with Crippen LogP contribution in [-0.4, -0.2) is 86.0 Å². The molecule has 0 unspecified atom stereocenters. The van der Waals surface area contributed by atoms with Gasteiger partial charge in [-0.3, -0.25) is 9.69 Å². The van der Waals surface area contributed by atoms with Crippen LogP contribution in [0.5, 0.6) is 0 Å². The van der Waals surface area contributed by atoms with Crippen LogP contribution in [0.4, 0.5) is 16.4 Å². The van der Waals surface area contributed by atoms with Crippen molar-refractivity contribution in [2.75, 3.05) is 69.3 Å². The molecule has 10 nitrogen and oxygen atoms in total. The van der Waals surface area contributed by atoms with Gasteiger partial charge in [-0.05, 0) is 0 Å². The average Bonchev–Trinajstić information content (AvgIpc) is 3.04. The Kier molecular flexibility index (Phi) is 5.83. The van der Waals surface area contributed by atoms with E-state index >= 15 is 0 Å². The number of anilines is 2. The number of aromatic nitrogens is 2. The number of hydrogen-bond donors (Lipinski definition) is 2. The number of hydrogen-bond acceptors (Lipinski definition) is 8. The van der Waals surface area contributed by atoms with Gasteiger partial charge in [0.2, 0.25) is 5.91 Å². The van der Waals surface area contributed by atoms with E-state index < -0.39 is 6.09 Å². The summed E-state index contributed by atoms with van der Waals surface area (Å²) in [6.07, 6.45) is 1.08. The van der Waals surface area contributed by atoms with Crippen LogP contribution in [0.2, 0.25) is 0 Å². The second kappa shape index (κ2) is 8.47.